The highest BCUT2D eigenvalue weighted by Gasteiger charge is 2.25. The van der Waals surface area contributed by atoms with Crippen molar-refractivity contribution in [2.45, 2.75) is 27.2 Å². The average molecular weight is 306 g/mol. The Bertz CT molecular complexity index is 873. The van der Waals surface area contributed by atoms with Crippen molar-refractivity contribution in [2.24, 2.45) is 0 Å². The number of carboxylic acid groups (broad SMARTS) is 1. The third kappa shape index (κ3) is 2.70. The molecule has 2 aromatic rings. The smallest absolute Gasteiger partial charge is 0.336 e. The SMILES string of the molecule is Cc1ccc(/C=C2\Cc3cc(C)c(C)cc3C2=O)c(C(=O)O)c1. The van der Waals surface area contributed by atoms with Gasteiger partial charge in [0.05, 0.1) is 5.56 Å². The van der Waals surface area contributed by atoms with E-state index in [-0.39, 0.29) is 11.3 Å². The van der Waals surface area contributed by atoms with Crippen LogP contribution in [0.25, 0.3) is 6.08 Å². The van der Waals surface area contributed by atoms with E-state index in [9.17, 15) is 14.7 Å². The van der Waals surface area contributed by atoms with Crippen molar-refractivity contribution < 1.29 is 14.7 Å². The van der Waals surface area contributed by atoms with Crippen molar-refractivity contribution in [1.29, 1.82) is 0 Å². The van der Waals surface area contributed by atoms with Gasteiger partial charge in [0.15, 0.2) is 5.78 Å². The van der Waals surface area contributed by atoms with Crippen LogP contribution < -0.4 is 0 Å². The van der Waals surface area contributed by atoms with Crippen molar-refractivity contribution >= 4 is 17.8 Å². The number of hydrogen-bond acceptors (Lipinski definition) is 2. The lowest BCUT2D eigenvalue weighted by Gasteiger charge is -2.04. The first-order chi connectivity index (χ1) is 10.9. The van der Waals surface area contributed by atoms with E-state index in [1.165, 1.54) is 5.56 Å². The number of carboxylic acids is 1. The standard InChI is InChI=1S/C20H18O3/c1-11-4-5-14(18(6-11)20(22)23)9-16-10-15-7-12(2)13(3)8-17(15)19(16)21/h4-9H,10H2,1-3H3,(H,22,23)/b16-9+. The zero-order valence-electron chi connectivity index (χ0n) is 13.4. The topological polar surface area (TPSA) is 54.4 Å². The molecule has 0 fully saturated rings. The van der Waals surface area contributed by atoms with Gasteiger partial charge >= 0.3 is 5.97 Å². The van der Waals surface area contributed by atoms with Crippen LogP contribution in [0.15, 0.2) is 35.9 Å². The molecule has 0 amide bonds. The van der Waals surface area contributed by atoms with Crippen LogP contribution >= 0.6 is 0 Å². The van der Waals surface area contributed by atoms with Crippen molar-refractivity contribution in [3.8, 4) is 0 Å². The molecule has 3 heteroatoms. The number of carbonyl (C=O) groups is 2. The number of aromatic carboxylic acids is 1. The van der Waals surface area contributed by atoms with Gasteiger partial charge in [0.2, 0.25) is 0 Å². The van der Waals surface area contributed by atoms with E-state index in [0.717, 1.165) is 22.3 Å². The summed E-state index contributed by atoms with van der Waals surface area (Å²) in [5.41, 5.74) is 6.37. The van der Waals surface area contributed by atoms with Crippen molar-refractivity contribution in [2.75, 3.05) is 0 Å². The van der Waals surface area contributed by atoms with Gasteiger partial charge in [0.25, 0.3) is 0 Å². The van der Waals surface area contributed by atoms with Gasteiger partial charge in [0, 0.05) is 17.6 Å². The zero-order chi connectivity index (χ0) is 16.7. The molecule has 0 radical (unpaired) electrons. The minimum atomic E-state index is -0.977. The third-order valence-electron chi connectivity index (χ3n) is 4.41. The molecule has 3 nitrogen and oxygen atoms in total. The summed E-state index contributed by atoms with van der Waals surface area (Å²) in [5, 5.41) is 9.36. The maximum Gasteiger partial charge on any atom is 0.336 e. The lowest BCUT2D eigenvalue weighted by Crippen LogP contribution is -2.02. The number of ketones is 1. The molecule has 0 aliphatic heterocycles. The molecule has 1 aliphatic carbocycles. The van der Waals surface area contributed by atoms with Gasteiger partial charge in [-0.3, -0.25) is 4.79 Å². The van der Waals surface area contributed by atoms with Gasteiger partial charge in [-0.1, -0.05) is 23.8 Å². The molecule has 0 unspecified atom stereocenters. The number of hydrogen-bond donors (Lipinski definition) is 1. The van der Waals surface area contributed by atoms with Crippen LogP contribution in [0.2, 0.25) is 0 Å². The van der Waals surface area contributed by atoms with Gasteiger partial charge in [-0.05, 0) is 61.2 Å². The highest BCUT2D eigenvalue weighted by Crippen LogP contribution is 2.30. The zero-order valence-corrected chi connectivity index (χ0v) is 13.4. The summed E-state index contributed by atoms with van der Waals surface area (Å²) < 4.78 is 0. The van der Waals surface area contributed by atoms with Crippen molar-refractivity contribution in [1.82, 2.24) is 0 Å². The molecule has 1 N–H and O–H groups in total. The molecule has 0 spiro atoms. The van der Waals surface area contributed by atoms with E-state index >= 15 is 0 Å². The summed E-state index contributed by atoms with van der Waals surface area (Å²) >= 11 is 0. The Morgan fingerprint density at radius 1 is 1.09 bits per heavy atom. The summed E-state index contributed by atoms with van der Waals surface area (Å²) in [5.74, 6) is -0.977. The van der Waals surface area contributed by atoms with Crippen LogP contribution in [-0.2, 0) is 6.42 Å². The van der Waals surface area contributed by atoms with E-state index in [4.69, 9.17) is 0 Å². The van der Waals surface area contributed by atoms with E-state index in [1.807, 2.05) is 32.9 Å². The number of Topliss-reactive ketones (excluding diaryl/α,β-unsaturated/α-hetero) is 1. The Balaban J connectivity index is 2.06. The number of benzene rings is 2. The lowest BCUT2D eigenvalue weighted by molar-refractivity contribution is 0.0696. The van der Waals surface area contributed by atoms with Gasteiger partial charge < -0.3 is 5.11 Å². The fourth-order valence-corrected chi connectivity index (χ4v) is 2.98. The largest absolute Gasteiger partial charge is 0.478 e. The van der Waals surface area contributed by atoms with E-state index in [0.29, 0.717) is 17.6 Å². The first kappa shape index (κ1) is 15.2. The number of fused-ring (bicyclic) bond motifs is 1. The molecule has 1 aliphatic rings. The highest BCUT2D eigenvalue weighted by molar-refractivity contribution is 6.16. The van der Waals surface area contributed by atoms with Gasteiger partial charge in [-0.2, -0.15) is 0 Å². The molecule has 0 saturated heterocycles. The minimum Gasteiger partial charge on any atom is -0.478 e. The lowest BCUT2D eigenvalue weighted by atomic mass is 10.0. The molecule has 3 rings (SSSR count). The predicted molar refractivity (Wildman–Crippen MR) is 90.1 cm³/mol. The summed E-state index contributed by atoms with van der Waals surface area (Å²) in [6, 6.07) is 9.24. The summed E-state index contributed by atoms with van der Waals surface area (Å²) in [7, 11) is 0. The molecule has 0 atom stereocenters. The Morgan fingerprint density at radius 3 is 2.48 bits per heavy atom. The van der Waals surface area contributed by atoms with Crippen LogP contribution in [0.4, 0.5) is 0 Å². The molecule has 0 bridgehead atoms. The summed E-state index contributed by atoms with van der Waals surface area (Å²) in [6.07, 6.45) is 2.28. The number of allylic oxidation sites excluding steroid dienone is 1. The fraction of sp³-hybridized carbons (Fsp3) is 0.200. The quantitative estimate of drug-likeness (QED) is 0.849. The maximum absolute atomic E-state index is 12.6. The fourth-order valence-electron chi connectivity index (χ4n) is 2.98. The number of aryl methyl sites for hydroxylation is 3. The molecular formula is C20H18O3. The van der Waals surface area contributed by atoms with Gasteiger partial charge in [-0.25, -0.2) is 4.79 Å². The number of carbonyl (C=O) groups excluding carboxylic acids is 1. The van der Waals surface area contributed by atoms with Gasteiger partial charge in [0.1, 0.15) is 0 Å². The monoisotopic (exact) mass is 306 g/mol. The molecule has 0 heterocycles. The summed E-state index contributed by atoms with van der Waals surface area (Å²) in [6.45, 7) is 5.88. The molecule has 23 heavy (non-hydrogen) atoms. The molecular weight excluding hydrogens is 288 g/mol. The molecule has 116 valence electrons. The average Bonchev–Trinajstić information content (AvgIpc) is 2.78. The minimum absolute atomic E-state index is 0.0000128. The van der Waals surface area contributed by atoms with Crippen LogP contribution in [0.5, 0.6) is 0 Å². The molecule has 0 saturated carbocycles. The second-order valence-corrected chi connectivity index (χ2v) is 6.16. The van der Waals surface area contributed by atoms with Crippen LogP contribution in [-0.4, -0.2) is 16.9 Å². The van der Waals surface area contributed by atoms with Crippen LogP contribution in [0, 0.1) is 20.8 Å². The normalized spacial score (nSPS) is 15.1. The van der Waals surface area contributed by atoms with Crippen LogP contribution in [0.1, 0.15) is 48.5 Å². The highest BCUT2D eigenvalue weighted by atomic mass is 16.4. The molecule has 2 aromatic carbocycles. The first-order valence-corrected chi connectivity index (χ1v) is 7.56. The Morgan fingerprint density at radius 2 is 1.78 bits per heavy atom. The number of rotatable bonds is 2. The third-order valence-corrected chi connectivity index (χ3v) is 4.41. The van der Waals surface area contributed by atoms with Crippen molar-refractivity contribution in [3.05, 3.63) is 74.8 Å². The second-order valence-electron chi connectivity index (χ2n) is 6.16. The molecule has 0 aromatic heterocycles. The van der Waals surface area contributed by atoms with E-state index in [2.05, 4.69) is 6.07 Å². The first-order valence-electron chi connectivity index (χ1n) is 7.56. The van der Waals surface area contributed by atoms with Crippen LogP contribution in [0.3, 0.4) is 0 Å². The predicted octanol–water partition coefficient (Wildman–Crippen LogP) is 4.13. The van der Waals surface area contributed by atoms with E-state index in [1.54, 1.807) is 18.2 Å². The maximum atomic E-state index is 12.6. The summed E-state index contributed by atoms with van der Waals surface area (Å²) in [4.78, 5) is 24.0. The van der Waals surface area contributed by atoms with E-state index < -0.39 is 5.97 Å². The Labute approximate surface area is 135 Å². The Hall–Kier alpha value is -2.68. The van der Waals surface area contributed by atoms with Gasteiger partial charge in [-0.15, -0.1) is 0 Å². The van der Waals surface area contributed by atoms with Crippen molar-refractivity contribution in [3.63, 3.8) is 0 Å². The second kappa shape index (κ2) is 5.51. The Kier molecular flexibility index (Phi) is 3.64.